The van der Waals surface area contributed by atoms with E-state index in [-0.39, 0.29) is 10.9 Å². The van der Waals surface area contributed by atoms with Crippen LogP contribution >= 0.6 is 34.8 Å². The summed E-state index contributed by atoms with van der Waals surface area (Å²) < 4.78 is 0. The second kappa shape index (κ2) is 5.47. The van der Waals surface area contributed by atoms with E-state index in [1.54, 1.807) is 30.1 Å². The monoisotopic (exact) mass is 293 g/mol. The van der Waals surface area contributed by atoms with Crippen LogP contribution in [-0.2, 0) is 0 Å². The van der Waals surface area contributed by atoms with E-state index in [9.17, 15) is 4.79 Å². The van der Waals surface area contributed by atoms with Crippen LogP contribution in [0.4, 0.5) is 0 Å². The lowest BCUT2D eigenvalue weighted by Gasteiger charge is -2.34. The van der Waals surface area contributed by atoms with Gasteiger partial charge in [0.25, 0.3) is 5.91 Å². The zero-order valence-corrected chi connectivity index (χ0v) is 12.2. The van der Waals surface area contributed by atoms with Gasteiger partial charge in [0.1, 0.15) is 0 Å². The maximum Gasteiger partial charge on any atom is 0.255 e. The molecule has 0 bridgehead atoms. The molecule has 0 saturated carbocycles. The highest BCUT2D eigenvalue weighted by atomic mass is 35.5. The number of hydrogen-bond donors (Lipinski definition) is 0. The Labute approximate surface area is 116 Å². The first-order chi connectivity index (χ1) is 7.81. The smallest absolute Gasteiger partial charge is 0.255 e. The van der Waals surface area contributed by atoms with Crippen molar-refractivity contribution in [1.82, 2.24) is 4.90 Å². The minimum absolute atomic E-state index is 0.192. The van der Waals surface area contributed by atoms with Gasteiger partial charge in [-0.3, -0.25) is 4.79 Å². The number of alkyl halides is 1. The molecule has 1 amide bonds. The van der Waals surface area contributed by atoms with Crippen LogP contribution in [0.15, 0.2) is 18.2 Å². The molecule has 94 valence electrons. The Morgan fingerprint density at radius 3 is 2.47 bits per heavy atom. The van der Waals surface area contributed by atoms with Crippen LogP contribution in [0.25, 0.3) is 0 Å². The van der Waals surface area contributed by atoms with Crippen molar-refractivity contribution in [2.75, 3.05) is 12.9 Å². The van der Waals surface area contributed by atoms with Gasteiger partial charge in [-0.25, -0.2) is 0 Å². The van der Waals surface area contributed by atoms with Crippen molar-refractivity contribution >= 4 is 40.7 Å². The lowest BCUT2D eigenvalue weighted by atomic mass is 10.0. The molecule has 0 spiro atoms. The van der Waals surface area contributed by atoms with E-state index in [1.807, 2.05) is 13.8 Å². The molecule has 2 nitrogen and oxygen atoms in total. The maximum absolute atomic E-state index is 12.2. The topological polar surface area (TPSA) is 20.3 Å². The van der Waals surface area contributed by atoms with Gasteiger partial charge in [0.05, 0.1) is 21.1 Å². The molecule has 0 fully saturated rings. The molecule has 0 aromatic heterocycles. The van der Waals surface area contributed by atoms with Crippen molar-refractivity contribution in [3.8, 4) is 0 Å². The van der Waals surface area contributed by atoms with Gasteiger partial charge in [-0.05, 0) is 26.0 Å². The molecule has 0 unspecified atom stereocenters. The zero-order valence-electron chi connectivity index (χ0n) is 9.93. The molecule has 5 heteroatoms. The Morgan fingerprint density at radius 1 is 1.35 bits per heavy atom. The van der Waals surface area contributed by atoms with E-state index in [0.717, 1.165) is 0 Å². The van der Waals surface area contributed by atoms with Gasteiger partial charge in [-0.15, -0.1) is 11.6 Å². The molecular weight excluding hydrogens is 280 g/mol. The van der Waals surface area contributed by atoms with Gasteiger partial charge in [0.2, 0.25) is 0 Å². The van der Waals surface area contributed by atoms with Gasteiger partial charge in [0.15, 0.2) is 0 Å². The number of halogens is 3. The second-order valence-corrected chi connectivity index (χ2v) is 5.46. The molecule has 0 aliphatic carbocycles. The van der Waals surface area contributed by atoms with E-state index in [0.29, 0.717) is 16.5 Å². The predicted octanol–water partition coefficient (Wildman–Crippen LogP) is 4.08. The highest BCUT2D eigenvalue weighted by molar-refractivity contribution is 6.43. The highest BCUT2D eigenvalue weighted by Crippen LogP contribution is 2.28. The fourth-order valence-corrected chi connectivity index (χ4v) is 1.77. The Morgan fingerprint density at radius 2 is 1.94 bits per heavy atom. The fourth-order valence-electron chi connectivity index (χ4n) is 1.21. The first kappa shape index (κ1) is 14.6. The number of carbonyl (C=O) groups is 1. The summed E-state index contributed by atoms with van der Waals surface area (Å²) in [6.07, 6.45) is 0. The summed E-state index contributed by atoms with van der Waals surface area (Å²) in [4.78, 5) is 13.8. The first-order valence-corrected chi connectivity index (χ1v) is 6.38. The quantitative estimate of drug-likeness (QED) is 0.769. The number of rotatable bonds is 3. The number of carbonyl (C=O) groups excluding carboxylic acids is 1. The largest absolute Gasteiger partial charge is 0.335 e. The molecule has 1 rings (SSSR count). The summed E-state index contributed by atoms with van der Waals surface area (Å²) in [5.74, 6) is 0.149. The SMILES string of the molecule is CN(C(=O)c1cccc(Cl)c1Cl)C(C)(C)CCl. The molecule has 0 atom stereocenters. The van der Waals surface area contributed by atoms with Gasteiger partial charge in [0, 0.05) is 12.9 Å². The van der Waals surface area contributed by atoms with E-state index in [1.165, 1.54) is 0 Å². The summed E-state index contributed by atoms with van der Waals surface area (Å²) in [6.45, 7) is 3.77. The molecule has 0 heterocycles. The Balaban J connectivity index is 3.09. The van der Waals surface area contributed by atoms with E-state index >= 15 is 0 Å². The summed E-state index contributed by atoms with van der Waals surface area (Å²) in [7, 11) is 1.70. The lowest BCUT2D eigenvalue weighted by molar-refractivity contribution is 0.0660. The van der Waals surface area contributed by atoms with E-state index < -0.39 is 5.54 Å². The van der Waals surface area contributed by atoms with Crippen LogP contribution in [0, 0.1) is 0 Å². The van der Waals surface area contributed by atoms with Gasteiger partial charge >= 0.3 is 0 Å². The van der Waals surface area contributed by atoms with E-state index in [4.69, 9.17) is 34.8 Å². The number of hydrogen-bond acceptors (Lipinski definition) is 1. The summed E-state index contributed by atoms with van der Waals surface area (Å²) in [5, 5.41) is 0.644. The maximum atomic E-state index is 12.2. The Hall–Kier alpha value is -0.440. The molecule has 0 aliphatic rings. The van der Waals surface area contributed by atoms with Crippen molar-refractivity contribution in [3.63, 3.8) is 0 Å². The third kappa shape index (κ3) is 3.06. The minimum atomic E-state index is -0.440. The molecule has 0 radical (unpaired) electrons. The van der Waals surface area contributed by atoms with Crippen molar-refractivity contribution in [3.05, 3.63) is 33.8 Å². The molecule has 0 N–H and O–H groups in total. The molecule has 0 aliphatic heterocycles. The van der Waals surface area contributed by atoms with Gasteiger partial charge in [-0.2, -0.15) is 0 Å². The molecular formula is C12H14Cl3NO. The highest BCUT2D eigenvalue weighted by Gasteiger charge is 2.28. The average molecular weight is 295 g/mol. The number of benzene rings is 1. The van der Waals surface area contributed by atoms with Crippen LogP contribution in [0.2, 0.25) is 10.0 Å². The Bertz CT molecular complexity index is 432. The first-order valence-electron chi connectivity index (χ1n) is 5.09. The third-order valence-electron chi connectivity index (χ3n) is 2.72. The lowest BCUT2D eigenvalue weighted by Crippen LogP contribution is -2.46. The standard InChI is InChI=1S/C12H14Cl3NO/c1-12(2,7-13)16(3)11(17)8-5-4-6-9(14)10(8)15/h4-6H,7H2,1-3H3. The van der Waals surface area contributed by atoms with Gasteiger partial charge in [-0.1, -0.05) is 29.3 Å². The van der Waals surface area contributed by atoms with E-state index in [2.05, 4.69) is 0 Å². The van der Waals surface area contributed by atoms with Crippen LogP contribution in [0.3, 0.4) is 0 Å². The molecule has 1 aromatic rings. The van der Waals surface area contributed by atoms with Crippen molar-refractivity contribution in [1.29, 1.82) is 0 Å². The van der Waals surface area contributed by atoms with Crippen LogP contribution in [-0.4, -0.2) is 29.3 Å². The summed E-state index contributed by atoms with van der Waals surface area (Å²) >= 11 is 17.7. The van der Waals surface area contributed by atoms with Crippen molar-refractivity contribution in [2.24, 2.45) is 0 Å². The van der Waals surface area contributed by atoms with Crippen molar-refractivity contribution < 1.29 is 4.79 Å². The number of amides is 1. The second-order valence-electron chi connectivity index (χ2n) is 4.41. The summed E-state index contributed by atoms with van der Waals surface area (Å²) in [6, 6.07) is 4.99. The predicted molar refractivity (Wildman–Crippen MR) is 73.4 cm³/mol. The third-order valence-corrected chi connectivity index (χ3v) is 4.19. The fraction of sp³-hybridized carbons (Fsp3) is 0.417. The van der Waals surface area contributed by atoms with Gasteiger partial charge < -0.3 is 4.90 Å². The summed E-state index contributed by atoms with van der Waals surface area (Å²) in [5.41, 5.74) is -0.0514. The van der Waals surface area contributed by atoms with Crippen LogP contribution < -0.4 is 0 Å². The van der Waals surface area contributed by atoms with Crippen molar-refractivity contribution in [2.45, 2.75) is 19.4 Å². The Kier molecular flexibility index (Phi) is 4.70. The van der Waals surface area contributed by atoms with Crippen LogP contribution in [0.5, 0.6) is 0 Å². The molecule has 17 heavy (non-hydrogen) atoms. The normalized spacial score (nSPS) is 11.4. The zero-order chi connectivity index (χ0) is 13.2. The number of nitrogens with zero attached hydrogens (tertiary/aromatic N) is 1. The minimum Gasteiger partial charge on any atom is -0.335 e. The van der Waals surface area contributed by atoms with Crippen LogP contribution in [0.1, 0.15) is 24.2 Å². The molecule has 0 saturated heterocycles. The molecule has 1 aromatic carbocycles. The average Bonchev–Trinajstić information content (AvgIpc) is 2.30.